The molecule has 0 aromatic rings. The summed E-state index contributed by atoms with van der Waals surface area (Å²) in [6.45, 7) is 3.94. The summed E-state index contributed by atoms with van der Waals surface area (Å²) in [5.41, 5.74) is -0.245. The van der Waals surface area contributed by atoms with Crippen LogP contribution in [0.1, 0.15) is 97.3 Å². The fourth-order valence-corrected chi connectivity index (χ4v) is 2.79. The average molecular weight is 357 g/mol. The zero-order chi connectivity index (χ0) is 18.9. The molecule has 0 rings (SSSR count). The van der Waals surface area contributed by atoms with Gasteiger partial charge in [0, 0.05) is 0 Å². The Bertz CT molecular complexity index is 401. The van der Waals surface area contributed by atoms with Crippen LogP contribution in [0.15, 0.2) is 11.3 Å². The van der Waals surface area contributed by atoms with Gasteiger partial charge in [-0.25, -0.2) is 9.59 Å². The first-order valence-electron chi connectivity index (χ1n) is 9.87. The first-order chi connectivity index (χ1) is 12.0. The average Bonchev–Trinajstić information content (AvgIpc) is 2.58. The molecule has 0 atom stereocenters. The number of carboxylic acids is 1. The lowest BCUT2D eigenvalue weighted by Crippen LogP contribution is -2.14. The molecule has 0 aromatic heterocycles. The first kappa shape index (κ1) is 23.5. The Kier molecular flexibility index (Phi) is 15.0. The van der Waals surface area contributed by atoms with Crippen LogP contribution in [0.25, 0.3) is 0 Å². The number of hydrogen-bond donors (Lipinski definition) is 2. The minimum Gasteiger partial charge on any atom is -0.501 e. The SMILES string of the molecule is CCCCCCCCCCCCCC/C(C(=O)O)=C(\O)C(=O)OCC. The second-order valence-electron chi connectivity index (χ2n) is 6.49. The molecular weight excluding hydrogens is 320 g/mol. The molecule has 0 aliphatic carbocycles. The van der Waals surface area contributed by atoms with Gasteiger partial charge in [-0.1, -0.05) is 77.6 Å². The van der Waals surface area contributed by atoms with Crippen LogP contribution in [0.3, 0.4) is 0 Å². The van der Waals surface area contributed by atoms with Gasteiger partial charge in [0.05, 0.1) is 12.2 Å². The molecule has 0 aromatic carbocycles. The molecule has 25 heavy (non-hydrogen) atoms. The van der Waals surface area contributed by atoms with Gasteiger partial charge in [-0.15, -0.1) is 0 Å². The first-order valence-corrected chi connectivity index (χ1v) is 9.87. The van der Waals surface area contributed by atoms with Crippen molar-refractivity contribution >= 4 is 11.9 Å². The maximum Gasteiger partial charge on any atom is 0.373 e. The number of unbranched alkanes of at least 4 members (excludes halogenated alkanes) is 11. The number of carboxylic acid groups (broad SMARTS) is 1. The molecule has 0 saturated heterocycles. The molecule has 0 bridgehead atoms. The van der Waals surface area contributed by atoms with Gasteiger partial charge < -0.3 is 14.9 Å². The smallest absolute Gasteiger partial charge is 0.373 e. The molecule has 2 N–H and O–H groups in total. The van der Waals surface area contributed by atoms with E-state index in [-0.39, 0.29) is 18.6 Å². The summed E-state index contributed by atoms with van der Waals surface area (Å²) in [7, 11) is 0. The molecule has 0 radical (unpaired) electrons. The number of carbonyl (C=O) groups is 2. The fourth-order valence-electron chi connectivity index (χ4n) is 2.79. The number of ether oxygens (including phenoxy) is 1. The highest BCUT2D eigenvalue weighted by atomic mass is 16.5. The Hall–Kier alpha value is -1.52. The van der Waals surface area contributed by atoms with Gasteiger partial charge >= 0.3 is 11.9 Å². The number of carbonyl (C=O) groups excluding carboxylic acids is 1. The molecule has 5 heteroatoms. The van der Waals surface area contributed by atoms with Crippen LogP contribution < -0.4 is 0 Å². The molecule has 0 fully saturated rings. The van der Waals surface area contributed by atoms with E-state index in [2.05, 4.69) is 11.7 Å². The molecule has 0 unspecified atom stereocenters. The van der Waals surface area contributed by atoms with Crippen molar-refractivity contribution in [2.45, 2.75) is 97.3 Å². The lowest BCUT2D eigenvalue weighted by Gasteiger charge is -2.07. The van der Waals surface area contributed by atoms with Gasteiger partial charge in [0.15, 0.2) is 0 Å². The number of hydrogen-bond acceptors (Lipinski definition) is 4. The van der Waals surface area contributed by atoms with E-state index < -0.39 is 17.7 Å². The van der Waals surface area contributed by atoms with Gasteiger partial charge in [-0.2, -0.15) is 0 Å². The molecule has 0 heterocycles. The van der Waals surface area contributed by atoms with Crippen molar-refractivity contribution in [2.75, 3.05) is 6.61 Å². The van der Waals surface area contributed by atoms with E-state index in [1.807, 2.05) is 0 Å². The minimum absolute atomic E-state index is 0.106. The lowest BCUT2D eigenvalue weighted by molar-refractivity contribution is -0.143. The third-order valence-electron chi connectivity index (χ3n) is 4.29. The highest BCUT2D eigenvalue weighted by Crippen LogP contribution is 2.16. The fraction of sp³-hybridized carbons (Fsp3) is 0.800. The summed E-state index contributed by atoms with van der Waals surface area (Å²) in [6.07, 6.45) is 14.4. The maximum absolute atomic E-state index is 11.4. The summed E-state index contributed by atoms with van der Waals surface area (Å²) in [5, 5.41) is 18.8. The predicted molar refractivity (Wildman–Crippen MR) is 99.6 cm³/mol. The van der Waals surface area contributed by atoms with Crippen molar-refractivity contribution in [1.29, 1.82) is 0 Å². The summed E-state index contributed by atoms with van der Waals surface area (Å²) in [4.78, 5) is 22.6. The molecular formula is C20H36O5. The predicted octanol–water partition coefficient (Wildman–Crippen LogP) is 5.54. The normalized spacial score (nSPS) is 11.9. The second-order valence-corrected chi connectivity index (χ2v) is 6.49. The van der Waals surface area contributed by atoms with Crippen LogP contribution in [0.5, 0.6) is 0 Å². The Morgan fingerprint density at radius 2 is 1.16 bits per heavy atom. The number of rotatable bonds is 16. The highest BCUT2D eigenvalue weighted by Gasteiger charge is 2.20. The number of esters is 1. The third-order valence-corrected chi connectivity index (χ3v) is 4.29. The van der Waals surface area contributed by atoms with E-state index >= 15 is 0 Å². The van der Waals surface area contributed by atoms with Crippen LogP contribution in [-0.4, -0.2) is 28.8 Å². The van der Waals surface area contributed by atoms with Crippen molar-refractivity contribution in [3.05, 3.63) is 11.3 Å². The Balaban J connectivity index is 3.78. The molecule has 146 valence electrons. The Morgan fingerprint density at radius 1 is 0.720 bits per heavy atom. The van der Waals surface area contributed by atoms with Crippen molar-refractivity contribution in [2.24, 2.45) is 0 Å². The van der Waals surface area contributed by atoms with Crippen LogP contribution in [0.4, 0.5) is 0 Å². The molecule has 0 aliphatic rings. The van der Waals surface area contributed by atoms with Crippen molar-refractivity contribution in [3.8, 4) is 0 Å². The molecule has 0 aliphatic heterocycles. The monoisotopic (exact) mass is 356 g/mol. The third kappa shape index (κ3) is 12.5. The van der Waals surface area contributed by atoms with E-state index in [1.54, 1.807) is 6.92 Å². The van der Waals surface area contributed by atoms with Gasteiger partial charge in [0.2, 0.25) is 5.76 Å². The lowest BCUT2D eigenvalue weighted by atomic mass is 10.0. The van der Waals surface area contributed by atoms with Crippen LogP contribution in [-0.2, 0) is 14.3 Å². The van der Waals surface area contributed by atoms with Crippen LogP contribution in [0.2, 0.25) is 0 Å². The molecule has 0 amide bonds. The summed E-state index contributed by atoms with van der Waals surface area (Å²) >= 11 is 0. The molecule has 0 spiro atoms. The van der Waals surface area contributed by atoms with Crippen LogP contribution >= 0.6 is 0 Å². The summed E-state index contributed by atoms with van der Waals surface area (Å²) < 4.78 is 4.64. The van der Waals surface area contributed by atoms with E-state index in [0.29, 0.717) is 6.42 Å². The zero-order valence-corrected chi connectivity index (χ0v) is 16.0. The number of aliphatic hydroxyl groups excluding tert-OH is 1. The Morgan fingerprint density at radius 3 is 1.56 bits per heavy atom. The van der Waals surface area contributed by atoms with E-state index in [4.69, 9.17) is 5.11 Å². The van der Waals surface area contributed by atoms with Gasteiger partial charge in [0.1, 0.15) is 0 Å². The number of aliphatic carboxylic acids is 1. The standard InChI is InChI=1S/C20H36O5/c1-3-5-6-7-8-9-10-11-12-13-14-15-16-17(19(22)23)18(21)20(24)25-4-2/h21H,3-16H2,1-2H3,(H,22,23)/b18-17+. The highest BCUT2D eigenvalue weighted by molar-refractivity contribution is 5.97. The van der Waals surface area contributed by atoms with Crippen molar-refractivity contribution in [3.63, 3.8) is 0 Å². The van der Waals surface area contributed by atoms with Gasteiger partial charge in [-0.05, 0) is 19.8 Å². The van der Waals surface area contributed by atoms with Gasteiger partial charge in [-0.3, -0.25) is 0 Å². The zero-order valence-electron chi connectivity index (χ0n) is 16.0. The maximum atomic E-state index is 11.4. The number of aliphatic hydroxyl groups is 1. The molecule has 5 nitrogen and oxygen atoms in total. The second kappa shape index (κ2) is 16.0. The Labute approximate surface area is 152 Å². The quantitative estimate of drug-likeness (QED) is 0.164. The topological polar surface area (TPSA) is 83.8 Å². The molecule has 0 saturated carbocycles. The van der Waals surface area contributed by atoms with Crippen molar-refractivity contribution in [1.82, 2.24) is 0 Å². The van der Waals surface area contributed by atoms with E-state index in [1.165, 1.54) is 51.4 Å². The minimum atomic E-state index is -1.26. The van der Waals surface area contributed by atoms with Gasteiger partial charge in [0.25, 0.3) is 0 Å². The van der Waals surface area contributed by atoms with Crippen LogP contribution in [0, 0.1) is 0 Å². The van der Waals surface area contributed by atoms with E-state index in [0.717, 1.165) is 19.3 Å². The van der Waals surface area contributed by atoms with E-state index in [9.17, 15) is 14.7 Å². The largest absolute Gasteiger partial charge is 0.501 e. The summed E-state index contributed by atoms with van der Waals surface area (Å²) in [6, 6.07) is 0. The van der Waals surface area contributed by atoms with Crippen molar-refractivity contribution < 1.29 is 24.5 Å². The summed E-state index contributed by atoms with van der Waals surface area (Å²) in [5.74, 6) is -2.98.